The number of carbonyl (C=O) groups excluding carboxylic acids is 1. The van der Waals surface area contributed by atoms with E-state index in [1.807, 2.05) is 18.2 Å². The van der Waals surface area contributed by atoms with Gasteiger partial charge in [0.05, 0.1) is 12.1 Å². The van der Waals surface area contributed by atoms with Gasteiger partial charge < -0.3 is 15.6 Å². The van der Waals surface area contributed by atoms with E-state index < -0.39 is 22.6 Å². The van der Waals surface area contributed by atoms with Crippen LogP contribution in [0.25, 0.3) is 21.8 Å². The first-order chi connectivity index (χ1) is 16.9. The summed E-state index contributed by atoms with van der Waals surface area (Å²) in [5.41, 5.74) is 0.387. The number of halogens is 1. The molecule has 174 valence electrons. The van der Waals surface area contributed by atoms with Crippen molar-refractivity contribution < 1.29 is 4.79 Å². The van der Waals surface area contributed by atoms with Gasteiger partial charge >= 0.3 is 6.03 Å². The van der Waals surface area contributed by atoms with Crippen LogP contribution in [0.3, 0.4) is 0 Å². The van der Waals surface area contributed by atoms with E-state index in [9.17, 15) is 19.2 Å². The number of pyridine rings is 1. The van der Waals surface area contributed by atoms with Crippen LogP contribution in [-0.4, -0.2) is 20.8 Å². The molecule has 4 N–H and O–H groups in total. The number of benzene rings is 3. The summed E-state index contributed by atoms with van der Waals surface area (Å²) in [6.45, 7) is 0.0264. The highest BCUT2D eigenvalue weighted by Gasteiger charge is 2.15. The van der Waals surface area contributed by atoms with Crippen molar-refractivity contribution >= 4 is 50.8 Å². The molecule has 0 aliphatic carbocycles. The quantitative estimate of drug-likeness (QED) is 0.287. The van der Waals surface area contributed by atoms with Crippen molar-refractivity contribution in [1.82, 2.24) is 14.8 Å². The van der Waals surface area contributed by atoms with E-state index in [0.717, 1.165) is 4.68 Å². The smallest absolute Gasteiger partial charge is 0.323 e. The molecule has 5 rings (SSSR count). The van der Waals surface area contributed by atoms with Crippen LogP contribution < -0.4 is 27.2 Å². The summed E-state index contributed by atoms with van der Waals surface area (Å²) in [4.78, 5) is 53.7. The summed E-state index contributed by atoms with van der Waals surface area (Å²) >= 11 is 5.98. The number of aromatic nitrogens is 3. The van der Waals surface area contributed by atoms with Crippen molar-refractivity contribution in [1.29, 1.82) is 0 Å². The zero-order chi connectivity index (χ0) is 24.5. The third-order valence-corrected chi connectivity index (χ3v) is 5.70. The number of nitrogens with one attached hydrogen (secondary N) is 4. The Kier molecular flexibility index (Phi) is 5.68. The Morgan fingerprint density at radius 1 is 0.886 bits per heavy atom. The van der Waals surface area contributed by atoms with Gasteiger partial charge in [-0.2, -0.15) is 0 Å². The van der Waals surface area contributed by atoms with Gasteiger partial charge in [0.15, 0.2) is 0 Å². The molecule has 9 nitrogen and oxygen atoms in total. The van der Waals surface area contributed by atoms with E-state index in [2.05, 4.69) is 20.7 Å². The molecular weight excluding hydrogens is 470 g/mol. The van der Waals surface area contributed by atoms with Crippen molar-refractivity contribution in [3.63, 3.8) is 0 Å². The molecule has 0 aliphatic heterocycles. The summed E-state index contributed by atoms with van der Waals surface area (Å²) in [6, 6.07) is 20.0. The standard InChI is InChI=1S/C25H18ClN5O4/c26-15-8-11-18-19(12-15)29-21-20(22(18)32)24(34)31(30-23(21)33)13-14-6-9-17(10-7-14)28-25(35)27-16-4-2-1-3-5-16/h1-12H,13H2,(H,29,32)(H,30,33)(H2,27,28,35). The van der Waals surface area contributed by atoms with Gasteiger partial charge in [0.1, 0.15) is 10.9 Å². The van der Waals surface area contributed by atoms with Crippen molar-refractivity contribution in [2.75, 3.05) is 10.6 Å². The largest absolute Gasteiger partial charge is 0.350 e. The summed E-state index contributed by atoms with van der Waals surface area (Å²) in [5, 5.41) is 8.40. The minimum atomic E-state index is -0.623. The lowest BCUT2D eigenvalue weighted by Crippen LogP contribution is -2.34. The molecule has 2 aromatic heterocycles. The monoisotopic (exact) mass is 487 g/mol. The number of H-pyrrole nitrogens is 2. The fourth-order valence-electron chi connectivity index (χ4n) is 3.80. The number of anilines is 2. The van der Waals surface area contributed by atoms with E-state index in [1.165, 1.54) is 12.1 Å². The van der Waals surface area contributed by atoms with Crippen molar-refractivity contribution in [2.24, 2.45) is 0 Å². The molecule has 10 heteroatoms. The number of fused-ring (bicyclic) bond motifs is 2. The Balaban J connectivity index is 1.41. The maximum atomic E-state index is 13.1. The molecule has 0 spiro atoms. The molecule has 3 aromatic carbocycles. The number of amides is 2. The summed E-state index contributed by atoms with van der Waals surface area (Å²) in [6.07, 6.45) is 0. The molecule has 0 bridgehead atoms. The number of urea groups is 1. The SMILES string of the molecule is O=C(Nc1ccccc1)Nc1ccc(Cn2[nH]c(=O)c3[nH]c4cc(Cl)ccc4c(=O)c3c2=O)cc1. The minimum absolute atomic E-state index is 0.0264. The predicted molar refractivity (Wildman–Crippen MR) is 137 cm³/mol. The molecule has 0 unspecified atom stereocenters. The van der Waals surface area contributed by atoms with Crippen LogP contribution in [0.1, 0.15) is 5.56 Å². The third kappa shape index (κ3) is 4.44. The van der Waals surface area contributed by atoms with Crippen molar-refractivity contribution in [3.05, 3.63) is 114 Å². The average molecular weight is 488 g/mol. The molecule has 0 saturated carbocycles. The Hall–Kier alpha value is -4.63. The normalized spacial score (nSPS) is 11.0. The number of carbonyl (C=O) groups is 1. The topological polar surface area (TPSA) is 129 Å². The van der Waals surface area contributed by atoms with E-state index in [4.69, 9.17) is 11.6 Å². The first-order valence-electron chi connectivity index (χ1n) is 10.6. The maximum absolute atomic E-state index is 13.1. The molecule has 0 atom stereocenters. The highest BCUT2D eigenvalue weighted by Crippen LogP contribution is 2.16. The second-order valence-corrected chi connectivity index (χ2v) is 8.30. The molecule has 0 fully saturated rings. The first kappa shape index (κ1) is 22.2. The predicted octanol–water partition coefficient (Wildman–Crippen LogP) is 3.88. The Labute approximate surface area is 202 Å². The van der Waals surface area contributed by atoms with Gasteiger partial charge in [0.2, 0.25) is 5.43 Å². The molecule has 2 amide bonds. The van der Waals surface area contributed by atoms with Crippen LogP contribution in [0, 0.1) is 0 Å². The second kappa shape index (κ2) is 8.96. The summed E-state index contributed by atoms with van der Waals surface area (Å²) in [5.74, 6) is 0. The lowest BCUT2D eigenvalue weighted by atomic mass is 10.1. The van der Waals surface area contributed by atoms with Crippen molar-refractivity contribution in [3.8, 4) is 0 Å². The van der Waals surface area contributed by atoms with E-state index >= 15 is 0 Å². The molecule has 5 aromatic rings. The average Bonchev–Trinajstić information content (AvgIpc) is 2.84. The lowest BCUT2D eigenvalue weighted by molar-refractivity contribution is 0.262. The first-order valence-corrected chi connectivity index (χ1v) is 11.0. The van der Waals surface area contributed by atoms with E-state index in [0.29, 0.717) is 27.5 Å². The minimum Gasteiger partial charge on any atom is -0.350 e. The number of hydrogen-bond acceptors (Lipinski definition) is 4. The molecule has 0 saturated heterocycles. The molecule has 2 heterocycles. The van der Waals surface area contributed by atoms with Crippen molar-refractivity contribution in [2.45, 2.75) is 6.54 Å². The molecule has 35 heavy (non-hydrogen) atoms. The van der Waals surface area contributed by atoms with Crippen LogP contribution >= 0.6 is 11.6 Å². The van der Waals surface area contributed by atoms with Gasteiger partial charge in [0, 0.05) is 21.8 Å². The highest BCUT2D eigenvalue weighted by molar-refractivity contribution is 6.31. The van der Waals surface area contributed by atoms with E-state index in [1.54, 1.807) is 42.5 Å². The van der Waals surface area contributed by atoms with Crippen LogP contribution in [0.4, 0.5) is 16.2 Å². The number of hydrogen-bond donors (Lipinski definition) is 4. The maximum Gasteiger partial charge on any atom is 0.323 e. The lowest BCUT2D eigenvalue weighted by Gasteiger charge is -2.10. The Morgan fingerprint density at radius 3 is 2.29 bits per heavy atom. The van der Waals surface area contributed by atoms with E-state index in [-0.39, 0.29) is 22.8 Å². The van der Waals surface area contributed by atoms with Crippen LogP contribution in [0.15, 0.2) is 87.2 Å². The van der Waals surface area contributed by atoms with Gasteiger partial charge in [-0.25, -0.2) is 9.48 Å². The number of aromatic amines is 2. The molecule has 0 aliphatic rings. The van der Waals surface area contributed by atoms with Crippen LogP contribution in [0.2, 0.25) is 5.02 Å². The fraction of sp³-hybridized carbons (Fsp3) is 0.0400. The van der Waals surface area contributed by atoms with Gasteiger partial charge in [-0.05, 0) is 48.0 Å². The summed E-state index contributed by atoms with van der Waals surface area (Å²) < 4.78 is 1.09. The van der Waals surface area contributed by atoms with Crippen LogP contribution in [-0.2, 0) is 6.54 Å². The van der Waals surface area contributed by atoms with Gasteiger partial charge in [0.25, 0.3) is 11.1 Å². The number of para-hydroxylation sites is 1. The van der Waals surface area contributed by atoms with Gasteiger partial charge in [-0.1, -0.05) is 41.9 Å². The molecular formula is C25H18ClN5O4. The Bertz CT molecular complexity index is 1760. The van der Waals surface area contributed by atoms with Gasteiger partial charge in [-0.3, -0.25) is 19.5 Å². The third-order valence-electron chi connectivity index (χ3n) is 5.47. The second-order valence-electron chi connectivity index (χ2n) is 7.87. The summed E-state index contributed by atoms with van der Waals surface area (Å²) in [7, 11) is 0. The number of rotatable bonds is 4. The number of nitrogens with zero attached hydrogens (tertiary/aromatic N) is 1. The zero-order valence-corrected chi connectivity index (χ0v) is 18.8. The highest BCUT2D eigenvalue weighted by atomic mass is 35.5. The van der Waals surface area contributed by atoms with Crippen LogP contribution in [0.5, 0.6) is 0 Å². The fourth-order valence-corrected chi connectivity index (χ4v) is 3.98. The zero-order valence-electron chi connectivity index (χ0n) is 18.1. The van der Waals surface area contributed by atoms with Gasteiger partial charge in [-0.15, -0.1) is 0 Å². The Morgan fingerprint density at radius 2 is 1.57 bits per heavy atom. The molecule has 0 radical (unpaired) electrons.